The van der Waals surface area contributed by atoms with Crippen LogP contribution in [0.1, 0.15) is 102 Å². The predicted molar refractivity (Wildman–Crippen MR) is 205 cm³/mol. The molecule has 286 valence electrons. The highest BCUT2D eigenvalue weighted by atomic mass is 33.1. The number of phenolic OH excluding ortho intramolecular Hbond substituents is 1. The van der Waals surface area contributed by atoms with Crippen molar-refractivity contribution < 1.29 is 29.3 Å². The highest BCUT2D eigenvalue weighted by Crippen LogP contribution is 2.38. The number of hydrogen-bond acceptors (Lipinski definition) is 12. The number of carbonyl (C=O) groups excluding carboxylic acids is 2. The topological polar surface area (TPSA) is 211 Å². The molecule has 2 aliphatic heterocycles. The summed E-state index contributed by atoms with van der Waals surface area (Å²) in [5, 5.41) is 25.6. The van der Waals surface area contributed by atoms with Crippen LogP contribution in [0.5, 0.6) is 11.5 Å². The number of aryl methyl sites for hydroxylation is 1. The van der Waals surface area contributed by atoms with Gasteiger partial charge in [-0.3, -0.25) is 14.6 Å². The van der Waals surface area contributed by atoms with E-state index in [1.54, 1.807) is 26.5 Å². The van der Waals surface area contributed by atoms with Gasteiger partial charge in [-0.05, 0) is 81.3 Å². The summed E-state index contributed by atoms with van der Waals surface area (Å²) in [4.78, 5) is 36.0. The molecule has 0 aromatic heterocycles. The Kier molecular flexibility index (Phi) is 17.2. The third-order valence-electron chi connectivity index (χ3n) is 9.93. The number of rotatable bonds is 6. The summed E-state index contributed by atoms with van der Waals surface area (Å²) in [7, 11) is 3.43. The number of hydrogen-bond donors (Lipinski definition) is 6. The van der Waals surface area contributed by atoms with E-state index in [1.807, 2.05) is 12.1 Å². The van der Waals surface area contributed by atoms with Crippen molar-refractivity contribution in [3.8, 4) is 11.5 Å². The van der Waals surface area contributed by atoms with Gasteiger partial charge in [0.05, 0.1) is 18.1 Å². The molecule has 1 aromatic carbocycles. The molecule has 1 aliphatic carbocycles. The first-order valence-corrected chi connectivity index (χ1v) is 21.0. The molecule has 1 amide bonds. The van der Waals surface area contributed by atoms with Gasteiger partial charge in [-0.2, -0.15) is 0 Å². The van der Waals surface area contributed by atoms with E-state index >= 15 is 0 Å². The van der Waals surface area contributed by atoms with Crippen LogP contribution in [-0.4, -0.2) is 88.5 Å². The van der Waals surface area contributed by atoms with Crippen molar-refractivity contribution in [2.45, 2.75) is 122 Å². The van der Waals surface area contributed by atoms with E-state index in [4.69, 9.17) is 26.7 Å². The molecule has 51 heavy (non-hydrogen) atoms. The summed E-state index contributed by atoms with van der Waals surface area (Å²) in [6.45, 7) is 3.09. The number of nitrogens with one attached hydrogen (secondary N) is 1. The van der Waals surface area contributed by atoms with Crippen LogP contribution in [0.15, 0.2) is 22.1 Å². The molecule has 9 N–H and O–H groups in total. The van der Waals surface area contributed by atoms with Crippen molar-refractivity contribution >= 4 is 45.4 Å². The number of aromatic hydroxyl groups is 1. The molecule has 0 radical (unpaired) electrons. The maximum absolute atomic E-state index is 13.5. The van der Waals surface area contributed by atoms with Crippen LogP contribution in [0.4, 0.5) is 0 Å². The van der Waals surface area contributed by atoms with Gasteiger partial charge in [0.1, 0.15) is 6.10 Å². The van der Waals surface area contributed by atoms with Gasteiger partial charge in [0, 0.05) is 57.3 Å². The predicted octanol–water partition coefficient (Wildman–Crippen LogP) is 4.16. The smallest absolute Gasteiger partial charge is 0.302 e. The summed E-state index contributed by atoms with van der Waals surface area (Å²) in [5.74, 6) is 2.10. The molecular weight excluding hydrogens is 691 g/mol. The summed E-state index contributed by atoms with van der Waals surface area (Å²) in [6.07, 6.45) is 10.3. The minimum Gasteiger partial charge on any atom is -0.504 e. The van der Waals surface area contributed by atoms with Gasteiger partial charge in [0.15, 0.2) is 23.4 Å². The fraction of sp³-hybridized carbons (Fsp3) is 0.722. The molecule has 1 aromatic rings. The number of amides is 1. The van der Waals surface area contributed by atoms with E-state index in [-0.39, 0.29) is 48.1 Å². The average molecular weight is 750 g/mol. The fourth-order valence-corrected chi connectivity index (χ4v) is 8.99. The molecule has 15 heteroatoms. The Morgan fingerprint density at radius 3 is 2.61 bits per heavy atom. The normalized spacial score (nSPS) is 25.4. The maximum atomic E-state index is 13.5. The van der Waals surface area contributed by atoms with Gasteiger partial charge >= 0.3 is 5.97 Å². The lowest BCUT2D eigenvalue weighted by Crippen LogP contribution is -2.38. The van der Waals surface area contributed by atoms with Gasteiger partial charge in [0.25, 0.3) is 0 Å². The Morgan fingerprint density at radius 1 is 1.08 bits per heavy atom. The number of benzene rings is 1. The molecule has 2 heterocycles. The third kappa shape index (κ3) is 14.5. The number of nitrogens with zero attached hydrogens (tertiary/aromatic N) is 3. The molecule has 4 bridgehead atoms. The molecule has 1 saturated carbocycles. The molecule has 0 spiro atoms. The Hall–Kier alpha value is -3.04. The third-order valence-corrected chi connectivity index (χ3v) is 12.1. The van der Waals surface area contributed by atoms with Gasteiger partial charge in [-0.25, -0.2) is 4.99 Å². The highest BCUT2D eigenvalue weighted by Gasteiger charge is 2.35. The first-order chi connectivity index (χ1) is 24.6. The monoisotopic (exact) mass is 749 g/mol. The van der Waals surface area contributed by atoms with E-state index in [2.05, 4.69) is 15.3 Å². The van der Waals surface area contributed by atoms with Gasteiger partial charge < -0.3 is 47.1 Å². The molecular formula is C36H59N7O6S2. The average Bonchev–Trinajstić information content (AvgIpc) is 3.72. The zero-order chi connectivity index (χ0) is 36.6. The van der Waals surface area contributed by atoms with E-state index in [0.29, 0.717) is 81.3 Å². The Bertz CT molecular complexity index is 1320. The van der Waals surface area contributed by atoms with Crippen molar-refractivity contribution in [1.82, 2.24) is 10.2 Å². The lowest BCUT2D eigenvalue weighted by molar-refractivity contribution is -0.148. The largest absolute Gasteiger partial charge is 0.504 e. The van der Waals surface area contributed by atoms with E-state index < -0.39 is 12.2 Å². The standard InChI is InChI=1S/C36H59N7O6S2/c1-24(44)48-31-12-11-25-16-28(34(47)32(17-25)49-30-9-5-6-10-30)22-43-21-27(18-33(43)46)26(13-14-40-35(37)38)20-41-36(39)42-23-51-50-15-7-3-2-4-8-29(45)19-31/h16-17,26-27,29-31,45,47H,2-15,18-23H2,1H3,(H4,37,38,40)(H3,39,41,42)/t26-,27+,29-,31-/m0/s1. The first kappa shape index (κ1) is 40.7. The number of ether oxygens (including phenoxy) is 2. The number of aliphatic imine (C=N–C) groups is 2. The van der Waals surface area contributed by atoms with Gasteiger partial charge in [-0.15, -0.1) is 0 Å². The second-order valence-electron chi connectivity index (χ2n) is 14.1. The zero-order valence-electron chi connectivity index (χ0n) is 30.1. The summed E-state index contributed by atoms with van der Waals surface area (Å²) in [5.41, 5.74) is 19.0. The van der Waals surface area contributed by atoms with Crippen LogP contribution in [0.25, 0.3) is 0 Å². The maximum Gasteiger partial charge on any atom is 0.302 e. The quantitative estimate of drug-likeness (QED) is 0.105. The summed E-state index contributed by atoms with van der Waals surface area (Å²) < 4.78 is 12.0. The van der Waals surface area contributed by atoms with Crippen molar-refractivity contribution in [2.75, 3.05) is 31.3 Å². The Morgan fingerprint density at radius 2 is 1.84 bits per heavy atom. The number of nitrogens with two attached hydrogens (primary N) is 3. The fourth-order valence-electron chi connectivity index (χ4n) is 7.20. The second kappa shape index (κ2) is 21.5. The van der Waals surface area contributed by atoms with E-state index in [0.717, 1.165) is 62.7 Å². The van der Waals surface area contributed by atoms with Gasteiger partial charge in [0.2, 0.25) is 5.91 Å². The summed E-state index contributed by atoms with van der Waals surface area (Å²) in [6, 6.07) is 3.80. The molecule has 4 atom stereocenters. The minimum atomic E-state index is -0.566. The number of fused-ring (bicyclic) bond motifs is 4. The molecule has 2 fully saturated rings. The molecule has 1 saturated heterocycles. The minimum absolute atomic E-state index is 0.00577. The molecule has 3 aliphatic rings. The first-order valence-electron chi connectivity index (χ1n) is 18.6. The molecule has 13 nitrogen and oxygen atoms in total. The zero-order valence-corrected chi connectivity index (χ0v) is 31.7. The van der Waals surface area contributed by atoms with Crippen LogP contribution < -0.4 is 27.3 Å². The van der Waals surface area contributed by atoms with Crippen molar-refractivity contribution in [1.29, 1.82) is 0 Å². The van der Waals surface area contributed by atoms with Crippen LogP contribution in [0.3, 0.4) is 0 Å². The Balaban J connectivity index is 1.57. The van der Waals surface area contributed by atoms with Crippen LogP contribution in [0.2, 0.25) is 0 Å². The van der Waals surface area contributed by atoms with Crippen LogP contribution in [0, 0.1) is 11.8 Å². The van der Waals surface area contributed by atoms with E-state index in [1.165, 1.54) is 6.92 Å². The second-order valence-corrected chi connectivity index (χ2v) is 16.6. The highest BCUT2D eigenvalue weighted by molar-refractivity contribution is 8.76. The van der Waals surface area contributed by atoms with Crippen LogP contribution >= 0.6 is 21.6 Å². The van der Waals surface area contributed by atoms with E-state index in [9.17, 15) is 19.8 Å². The molecule has 4 rings (SSSR count). The lowest BCUT2D eigenvalue weighted by Gasteiger charge is -2.25. The van der Waals surface area contributed by atoms with Crippen LogP contribution in [-0.2, 0) is 27.3 Å². The number of guanidine groups is 2. The number of esters is 1. The SMILES string of the molecule is CC(=O)O[C@H]1CCc2cc(c(O)c(OC3CCCC3)c2)CN2C[C@@H](CC2=O)[C@@H](CCN=C(N)N)CNC(N)=NCSSCCCCCC[C@H](O)C1. The number of phenols is 1. The van der Waals surface area contributed by atoms with Crippen molar-refractivity contribution in [2.24, 2.45) is 39.0 Å². The lowest BCUT2D eigenvalue weighted by atomic mass is 9.88. The Labute approximate surface area is 310 Å². The molecule has 0 unspecified atom stereocenters. The summed E-state index contributed by atoms with van der Waals surface area (Å²) >= 11 is 0. The van der Waals surface area contributed by atoms with Crippen molar-refractivity contribution in [3.63, 3.8) is 0 Å². The number of carbonyl (C=O) groups is 2. The van der Waals surface area contributed by atoms with Crippen molar-refractivity contribution in [3.05, 3.63) is 23.3 Å². The van der Waals surface area contributed by atoms with Gasteiger partial charge in [-0.1, -0.05) is 46.9 Å². The number of aliphatic hydroxyl groups excluding tert-OH is 1. The number of aliphatic hydroxyl groups is 1.